The van der Waals surface area contributed by atoms with E-state index in [4.69, 9.17) is 26.3 Å². The van der Waals surface area contributed by atoms with Crippen LogP contribution in [0.15, 0.2) is 36.4 Å². The highest BCUT2D eigenvalue weighted by Crippen LogP contribution is 2.20. The molecule has 7 heteroatoms. The van der Waals surface area contributed by atoms with E-state index in [9.17, 15) is 9.59 Å². The molecule has 0 spiro atoms. The predicted molar refractivity (Wildman–Crippen MR) is 97.2 cm³/mol. The summed E-state index contributed by atoms with van der Waals surface area (Å²) in [5.74, 6) is -0.708. The number of hydrogen-bond acceptors (Lipinski definition) is 5. The first-order valence-electron chi connectivity index (χ1n) is 7.74. The van der Waals surface area contributed by atoms with Gasteiger partial charge in [-0.3, -0.25) is 4.79 Å². The predicted octanol–water partition coefficient (Wildman–Crippen LogP) is 3.39. The van der Waals surface area contributed by atoms with Crippen molar-refractivity contribution < 1.29 is 19.1 Å². The molecule has 0 aliphatic rings. The highest BCUT2D eigenvalue weighted by atomic mass is 35.5. The van der Waals surface area contributed by atoms with E-state index in [1.165, 1.54) is 12.1 Å². The summed E-state index contributed by atoms with van der Waals surface area (Å²) in [5, 5.41) is 11.9. The molecule has 0 unspecified atom stereocenters. The van der Waals surface area contributed by atoms with E-state index in [0.29, 0.717) is 10.8 Å². The lowest BCUT2D eigenvalue weighted by atomic mass is 10.1. The first-order valence-corrected chi connectivity index (χ1v) is 8.12. The van der Waals surface area contributed by atoms with Gasteiger partial charge in [0.05, 0.1) is 11.3 Å². The van der Waals surface area contributed by atoms with Crippen molar-refractivity contribution in [3.05, 3.63) is 58.1 Å². The Balaban J connectivity index is 1.82. The molecule has 0 aliphatic carbocycles. The van der Waals surface area contributed by atoms with Gasteiger partial charge in [-0.25, -0.2) is 4.79 Å². The number of rotatable bonds is 6. The summed E-state index contributed by atoms with van der Waals surface area (Å²) < 4.78 is 10.2. The zero-order chi connectivity index (χ0) is 19.1. The second-order valence-electron chi connectivity index (χ2n) is 5.55. The molecule has 0 bridgehead atoms. The molecule has 2 rings (SSSR count). The minimum absolute atomic E-state index is 0.257. The summed E-state index contributed by atoms with van der Waals surface area (Å²) in [6, 6.07) is 11.9. The van der Waals surface area contributed by atoms with Crippen LogP contribution < -0.4 is 10.1 Å². The van der Waals surface area contributed by atoms with Crippen LogP contribution >= 0.6 is 11.6 Å². The molecule has 1 N–H and O–H groups in total. The Labute approximate surface area is 156 Å². The van der Waals surface area contributed by atoms with Crippen LogP contribution in [0.2, 0.25) is 5.02 Å². The van der Waals surface area contributed by atoms with Crippen molar-refractivity contribution in [2.24, 2.45) is 0 Å². The van der Waals surface area contributed by atoms with E-state index >= 15 is 0 Å². The maximum Gasteiger partial charge on any atom is 0.344 e. The number of nitriles is 1. The Hall–Kier alpha value is -3.04. The van der Waals surface area contributed by atoms with Crippen LogP contribution in [0.1, 0.15) is 16.7 Å². The van der Waals surface area contributed by atoms with Crippen molar-refractivity contribution >= 4 is 29.2 Å². The normalized spacial score (nSPS) is 9.92. The molecule has 0 saturated carbocycles. The molecule has 1 amide bonds. The van der Waals surface area contributed by atoms with Gasteiger partial charge in [-0.1, -0.05) is 17.7 Å². The van der Waals surface area contributed by atoms with Crippen LogP contribution in [0.5, 0.6) is 5.75 Å². The maximum absolute atomic E-state index is 11.9. The largest absolute Gasteiger partial charge is 0.482 e. The van der Waals surface area contributed by atoms with Gasteiger partial charge >= 0.3 is 5.97 Å². The molecule has 0 aliphatic heterocycles. The SMILES string of the molecule is Cc1ccc(OCC(=O)OCC(=O)Nc2cc(Cl)ccc2C#N)cc1C. The molecule has 0 fully saturated rings. The number of benzene rings is 2. The third-order valence-electron chi connectivity index (χ3n) is 3.58. The summed E-state index contributed by atoms with van der Waals surface area (Å²) in [4.78, 5) is 23.6. The Morgan fingerprint density at radius 2 is 1.88 bits per heavy atom. The summed E-state index contributed by atoms with van der Waals surface area (Å²) in [5.41, 5.74) is 2.68. The van der Waals surface area contributed by atoms with E-state index in [0.717, 1.165) is 11.1 Å². The Bertz CT molecular complexity index is 874. The lowest BCUT2D eigenvalue weighted by Crippen LogP contribution is -2.24. The number of carbonyl (C=O) groups is 2. The fourth-order valence-corrected chi connectivity index (χ4v) is 2.21. The van der Waals surface area contributed by atoms with Crippen molar-refractivity contribution in [3.8, 4) is 11.8 Å². The molecule has 0 heterocycles. The average Bonchev–Trinajstić information content (AvgIpc) is 2.61. The Morgan fingerprint density at radius 1 is 1.12 bits per heavy atom. The van der Waals surface area contributed by atoms with E-state index in [-0.39, 0.29) is 17.9 Å². The van der Waals surface area contributed by atoms with Gasteiger partial charge in [0.25, 0.3) is 5.91 Å². The van der Waals surface area contributed by atoms with Gasteiger partial charge in [0, 0.05) is 5.02 Å². The Kier molecular flexibility index (Phi) is 6.59. The van der Waals surface area contributed by atoms with Crippen molar-refractivity contribution in [2.75, 3.05) is 18.5 Å². The fourth-order valence-electron chi connectivity index (χ4n) is 2.04. The third kappa shape index (κ3) is 5.50. The van der Waals surface area contributed by atoms with E-state index in [2.05, 4.69) is 5.32 Å². The zero-order valence-electron chi connectivity index (χ0n) is 14.3. The molecule has 0 radical (unpaired) electrons. The van der Waals surface area contributed by atoms with Gasteiger partial charge in [-0.2, -0.15) is 5.26 Å². The van der Waals surface area contributed by atoms with E-state index in [1.807, 2.05) is 32.0 Å². The number of aryl methyl sites for hydroxylation is 2. The highest BCUT2D eigenvalue weighted by molar-refractivity contribution is 6.31. The number of nitrogens with one attached hydrogen (secondary N) is 1. The van der Waals surface area contributed by atoms with E-state index < -0.39 is 18.5 Å². The quantitative estimate of drug-likeness (QED) is 0.785. The monoisotopic (exact) mass is 372 g/mol. The molecule has 0 saturated heterocycles. The minimum Gasteiger partial charge on any atom is -0.482 e. The van der Waals surface area contributed by atoms with Crippen molar-refractivity contribution in [2.45, 2.75) is 13.8 Å². The summed E-state index contributed by atoms with van der Waals surface area (Å²) in [6.45, 7) is 3.11. The number of nitrogens with zero attached hydrogens (tertiary/aromatic N) is 1. The second kappa shape index (κ2) is 8.88. The number of carbonyl (C=O) groups excluding carboxylic acids is 2. The topological polar surface area (TPSA) is 88.4 Å². The fraction of sp³-hybridized carbons (Fsp3) is 0.211. The number of anilines is 1. The maximum atomic E-state index is 11.9. The van der Waals surface area contributed by atoms with Crippen molar-refractivity contribution in [1.82, 2.24) is 0 Å². The van der Waals surface area contributed by atoms with Crippen LogP contribution in [0.4, 0.5) is 5.69 Å². The van der Waals surface area contributed by atoms with Crippen LogP contribution in [-0.4, -0.2) is 25.1 Å². The van der Waals surface area contributed by atoms with Crippen molar-refractivity contribution in [1.29, 1.82) is 5.26 Å². The number of hydrogen-bond donors (Lipinski definition) is 1. The highest BCUT2D eigenvalue weighted by Gasteiger charge is 2.11. The van der Waals surface area contributed by atoms with Gasteiger partial charge in [0.15, 0.2) is 13.2 Å². The number of ether oxygens (including phenoxy) is 2. The average molecular weight is 373 g/mol. The molecular weight excluding hydrogens is 356 g/mol. The number of amides is 1. The first-order chi connectivity index (χ1) is 12.4. The van der Waals surface area contributed by atoms with Crippen molar-refractivity contribution in [3.63, 3.8) is 0 Å². The van der Waals surface area contributed by atoms with Crippen LogP contribution in [0.3, 0.4) is 0 Å². The van der Waals surface area contributed by atoms with Gasteiger partial charge in [0.1, 0.15) is 11.8 Å². The number of esters is 1. The van der Waals surface area contributed by atoms with Gasteiger partial charge in [-0.15, -0.1) is 0 Å². The zero-order valence-corrected chi connectivity index (χ0v) is 15.1. The second-order valence-corrected chi connectivity index (χ2v) is 5.98. The Morgan fingerprint density at radius 3 is 2.58 bits per heavy atom. The lowest BCUT2D eigenvalue weighted by Gasteiger charge is -2.10. The summed E-state index contributed by atoms with van der Waals surface area (Å²) in [6.07, 6.45) is 0. The molecule has 2 aromatic rings. The standard InChI is InChI=1S/C19H17ClN2O4/c1-12-3-6-16(7-13(12)2)25-11-19(24)26-10-18(23)22-17-8-15(20)5-4-14(17)9-21/h3-8H,10-11H2,1-2H3,(H,22,23). The lowest BCUT2D eigenvalue weighted by molar-refractivity contribution is -0.149. The molecule has 6 nitrogen and oxygen atoms in total. The smallest absolute Gasteiger partial charge is 0.344 e. The van der Waals surface area contributed by atoms with Gasteiger partial charge < -0.3 is 14.8 Å². The summed E-state index contributed by atoms with van der Waals surface area (Å²) in [7, 11) is 0. The van der Waals surface area contributed by atoms with Crippen LogP contribution in [-0.2, 0) is 14.3 Å². The van der Waals surface area contributed by atoms with Crippen LogP contribution in [0.25, 0.3) is 0 Å². The van der Waals surface area contributed by atoms with Gasteiger partial charge in [0.2, 0.25) is 0 Å². The molecule has 0 aromatic heterocycles. The summed E-state index contributed by atoms with van der Waals surface area (Å²) >= 11 is 5.84. The molecular formula is C19H17ClN2O4. The molecule has 26 heavy (non-hydrogen) atoms. The van der Waals surface area contributed by atoms with Gasteiger partial charge in [-0.05, 0) is 55.3 Å². The first kappa shape index (κ1) is 19.3. The van der Waals surface area contributed by atoms with E-state index in [1.54, 1.807) is 12.1 Å². The minimum atomic E-state index is -0.676. The van der Waals surface area contributed by atoms with Crippen LogP contribution in [0, 0.1) is 25.2 Å². The molecule has 134 valence electrons. The number of halogens is 1. The molecule has 0 atom stereocenters. The molecule has 2 aromatic carbocycles. The third-order valence-corrected chi connectivity index (χ3v) is 3.81.